The first kappa shape index (κ1) is 18.6. The van der Waals surface area contributed by atoms with Gasteiger partial charge in [0.15, 0.2) is 5.58 Å². The quantitative estimate of drug-likeness (QED) is 0.539. The molecular formula is C23H20N2O4. The lowest BCUT2D eigenvalue weighted by Crippen LogP contribution is -2.25. The van der Waals surface area contributed by atoms with E-state index >= 15 is 0 Å². The number of carbonyl (C=O) groups excluding carboxylic acids is 1. The van der Waals surface area contributed by atoms with Gasteiger partial charge in [-0.25, -0.2) is 4.79 Å². The molecule has 6 nitrogen and oxygen atoms in total. The summed E-state index contributed by atoms with van der Waals surface area (Å²) in [6.45, 7) is 2.19. The highest BCUT2D eigenvalue weighted by Crippen LogP contribution is 2.27. The van der Waals surface area contributed by atoms with E-state index in [0.717, 1.165) is 11.1 Å². The highest BCUT2D eigenvalue weighted by molar-refractivity contribution is 5.93. The Labute approximate surface area is 167 Å². The first-order chi connectivity index (χ1) is 14.1. The Morgan fingerprint density at radius 3 is 2.62 bits per heavy atom. The molecular weight excluding hydrogens is 368 g/mol. The van der Waals surface area contributed by atoms with E-state index < -0.39 is 5.76 Å². The number of hydrogen-bond donors (Lipinski definition) is 1. The summed E-state index contributed by atoms with van der Waals surface area (Å²) >= 11 is 0. The van der Waals surface area contributed by atoms with Gasteiger partial charge in [-0.2, -0.15) is 0 Å². The number of aryl methyl sites for hydroxylation is 1. The Hall–Kier alpha value is -3.80. The topological polar surface area (TPSA) is 73.5 Å². The molecule has 0 aliphatic rings. The van der Waals surface area contributed by atoms with Crippen LogP contribution < -0.4 is 15.8 Å². The highest BCUT2D eigenvalue weighted by atomic mass is 16.5. The summed E-state index contributed by atoms with van der Waals surface area (Å²) in [6, 6.07) is 22.4. The summed E-state index contributed by atoms with van der Waals surface area (Å²) in [5.41, 5.74) is 3.63. The second kappa shape index (κ2) is 8.06. The third-order valence-electron chi connectivity index (χ3n) is 4.52. The number of ether oxygens (including phenoxy) is 1. The summed E-state index contributed by atoms with van der Waals surface area (Å²) in [7, 11) is 0. The number of nitrogens with zero attached hydrogens (tertiary/aromatic N) is 1. The summed E-state index contributed by atoms with van der Waals surface area (Å²) in [5.74, 6) is -0.329. The zero-order chi connectivity index (χ0) is 20.2. The van der Waals surface area contributed by atoms with E-state index in [-0.39, 0.29) is 12.5 Å². The number of para-hydroxylation sites is 2. The van der Waals surface area contributed by atoms with E-state index in [9.17, 15) is 9.59 Å². The van der Waals surface area contributed by atoms with Crippen molar-refractivity contribution >= 4 is 22.7 Å². The molecule has 1 aromatic heterocycles. The van der Waals surface area contributed by atoms with Crippen LogP contribution in [0.3, 0.4) is 0 Å². The molecule has 1 N–H and O–H groups in total. The van der Waals surface area contributed by atoms with Gasteiger partial charge < -0.3 is 14.5 Å². The molecule has 29 heavy (non-hydrogen) atoms. The monoisotopic (exact) mass is 388 g/mol. The van der Waals surface area contributed by atoms with Crippen molar-refractivity contribution in [3.8, 4) is 5.75 Å². The minimum absolute atomic E-state index is 0.151. The molecule has 0 fully saturated rings. The van der Waals surface area contributed by atoms with E-state index in [1.165, 1.54) is 4.57 Å². The highest BCUT2D eigenvalue weighted by Gasteiger charge is 2.14. The number of oxazole rings is 1. The fraction of sp³-hybridized carbons (Fsp3) is 0.130. The van der Waals surface area contributed by atoms with E-state index in [1.54, 1.807) is 30.3 Å². The van der Waals surface area contributed by atoms with Crippen LogP contribution in [0.15, 0.2) is 82.0 Å². The maximum absolute atomic E-state index is 12.6. The predicted octanol–water partition coefficient (Wildman–Crippen LogP) is 4.12. The number of aromatic nitrogens is 1. The fourth-order valence-electron chi connectivity index (χ4n) is 3.08. The first-order valence-electron chi connectivity index (χ1n) is 9.26. The Bertz CT molecular complexity index is 1210. The molecule has 3 aromatic carbocycles. The van der Waals surface area contributed by atoms with Crippen molar-refractivity contribution in [1.29, 1.82) is 0 Å². The molecule has 1 heterocycles. The Morgan fingerprint density at radius 1 is 1.03 bits per heavy atom. The van der Waals surface area contributed by atoms with Crippen LogP contribution in [-0.2, 0) is 17.9 Å². The molecule has 0 saturated carbocycles. The molecule has 146 valence electrons. The van der Waals surface area contributed by atoms with Crippen LogP contribution in [-0.4, -0.2) is 10.5 Å². The number of nitrogens with one attached hydrogen (secondary N) is 1. The minimum Gasteiger partial charge on any atom is -0.487 e. The van der Waals surface area contributed by atoms with Crippen LogP contribution in [0.5, 0.6) is 5.75 Å². The van der Waals surface area contributed by atoms with Gasteiger partial charge >= 0.3 is 5.76 Å². The van der Waals surface area contributed by atoms with Crippen molar-refractivity contribution in [3.05, 3.63) is 94.5 Å². The molecule has 0 aliphatic heterocycles. The number of carbonyl (C=O) groups is 1. The van der Waals surface area contributed by atoms with Gasteiger partial charge in [0.25, 0.3) is 0 Å². The van der Waals surface area contributed by atoms with Gasteiger partial charge in [0.05, 0.1) is 11.2 Å². The van der Waals surface area contributed by atoms with Gasteiger partial charge in [0.1, 0.15) is 18.9 Å². The predicted molar refractivity (Wildman–Crippen MR) is 111 cm³/mol. The second-order valence-electron chi connectivity index (χ2n) is 6.74. The van der Waals surface area contributed by atoms with E-state index in [1.807, 2.05) is 49.4 Å². The maximum Gasteiger partial charge on any atom is 0.420 e. The first-order valence-corrected chi connectivity index (χ1v) is 9.26. The molecule has 6 heteroatoms. The summed E-state index contributed by atoms with van der Waals surface area (Å²) in [5, 5.41) is 2.84. The number of amides is 1. The Morgan fingerprint density at radius 2 is 1.79 bits per heavy atom. The molecule has 0 aliphatic carbocycles. The number of fused-ring (bicyclic) bond motifs is 1. The zero-order valence-corrected chi connectivity index (χ0v) is 15.9. The minimum atomic E-state index is -0.564. The summed E-state index contributed by atoms with van der Waals surface area (Å²) in [4.78, 5) is 24.7. The molecule has 0 radical (unpaired) electrons. The van der Waals surface area contributed by atoms with Gasteiger partial charge in [0.2, 0.25) is 5.91 Å². The summed E-state index contributed by atoms with van der Waals surface area (Å²) < 4.78 is 12.4. The Balaban J connectivity index is 1.52. The van der Waals surface area contributed by atoms with E-state index in [2.05, 4.69) is 5.32 Å². The standard InChI is InChI=1S/C23H20N2O4/c1-16-11-12-18(21(13-16)28-15-17-7-3-2-4-8-17)24-22(26)14-25-19-9-5-6-10-20(19)29-23(25)27/h2-13H,14-15H2,1H3,(H,24,26). The maximum atomic E-state index is 12.6. The largest absolute Gasteiger partial charge is 0.487 e. The van der Waals surface area contributed by atoms with Crippen LogP contribution in [0.1, 0.15) is 11.1 Å². The lowest BCUT2D eigenvalue weighted by atomic mass is 10.2. The third kappa shape index (κ3) is 4.21. The SMILES string of the molecule is Cc1ccc(NC(=O)Cn2c(=O)oc3ccccc32)c(OCc2ccccc2)c1. The van der Waals surface area contributed by atoms with Crippen LogP contribution in [0.4, 0.5) is 5.69 Å². The second-order valence-corrected chi connectivity index (χ2v) is 6.74. The van der Waals surface area contributed by atoms with Crippen molar-refractivity contribution < 1.29 is 13.9 Å². The summed E-state index contributed by atoms with van der Waals surface area (Å²) in [6.07, 6.45) is 0. The fourth-order valence-corrected chi connectivity index (χ4v) is 3.08. The van der Waals surface area contributed by atoms with Crippen molar-refractivity contribution in [1.82, 2.24) is 4.57 Å². The van der Waals surface area contributed by atoms with Crippen LogP contribution in [0.25, 0.3) is 11.1 Å². The van der Waals surface area contributed by atoms with Crippen molar-refractivity contribution in [3.63, 3.8) is 0 Å². The molecule has 4 aromatic rings. The lowest BCUT2D eigenvalue weighted by molar-refractivity contribution is -0.116. The Kier molecular flexibility index (Phi) is 5.16. The molecule has 0 unspecified atom stereocenters. The zero-order valence-electron chi connectivity index (χ0n) is 15.9. The third-order valence-corrected chi connectivity index (χ3v) is 4.52. The molecule has 0 spiro atoms. The average Bonchev–Trinajstić information content (AvgIpc) is 3.04. The van der Waals surface area contributed by atoms with Gasteiger partial charge in [-0.1, -0.05) is 48.5 Å². The number of anilines is 1. The number of benzene rings is 3. The smallest absolute Gasteiger partial charge is 0.420 e. The molecule has 0 atom stereocenters. The molecule has 1 amide bonds. The van der Waals surface area contributed by atoms with Crippen LogP contribution in [0, 0.1) is 6.92 Å². The lowest BCUT2D eigenvalue weighted by Gasteiger charge is -2.14. The molecule has 4 rings (SSSR count). The van der Waals surface area contributed by atoms with Crippen molar-refractivity contribution in [2.45, 2.75) is 20.1 Å². The molecule has 0 saturated heterocycles. The van der Waals surface area contributed by atoms with Gasteiger partial charge in [-0.15, -0.1) is 0 Å². The van der Waals surface area contributed by atoms with Gasteiger partial charge in [-0.05, 0) is 42.3 Å². The number of rotatable bonds is 6. The number of hydrogen-bond acceptors (Lipinski definition) is 4. The van der Waals surface area contributed by atoms with Crippen molar-refractivity contribution in [2.24, 2.45) is 0 Å². The average molecular weight is 388 g/mol. The van der Waals surface area contributed by atoms with E-state index in [0.29, 0.717) is 29.1 Å². The van der Waals surface area contributed by atoms with Crippen molar-refractivity contribution in [2.75, 3.05) is 5.32 Å². The van der Waals surface area contributed by atoms with E-state index in [4.69, 9.17) is 9.15 Å². The van der Waals surface area contributed by atoms with Crippen LogP contribution in [0.2, 0.25) is 0 Å². The molecule has 0 bridgehead atoms. The van der Waals surface area contributed by atoms with Gasteiger partial charge in [-0.3, -0.25) is 9.36 Å². The van der Waals surface area contributed by atoms with Crippen LogP contribution >= 0.6 is 0 Å². The normalized spacial score (nSPS) is 10.8. The van der Waals surface area contributed by atoms with Gasteiger partial charge in [0, 0.05) is 0 Å².